The van der Waals surface area contributed by atoms with E-state index in [0.29, 0.717) is 12.3 Å². The summed E-state index contributed by atoms with van der Waals surface area (Å²) in [6.45, 7) is 0.401. The highest BCUT2D eigenvalue weighted by molar-refractivity contribution is 7.12. The molecule has 5 heteroatoms. The summed E-state index contributed by atoms with van der Waals surface area (Å²) in [5, 5.41) is 13.2. The van der Waals surface area contributed by atoms with Gasteiger partial charge in [0.05, 0.1) is 6.54 Å². The van der Waals surface area contributed by atoms with Crippen LogP contribution in [-0.2, 0) is 11.3 Å². The lowest BCUT2D eigenvalue weighted by Crippen LogP contribution is -2.28. The van der Waals surface area contributed by atoms with Gasteiger partial charge in [0, 0.05) is 9.75 Å². The molecule has 3 rings (SSSR count). The lowest BCUT2D eigenvalue weighted by atomic mass is 10.1. The normalized spacial score (nSPS) is 11.7. The van der Waals surface area contributed by atoms with Crippen molar-refractivity contribution in [3.63, 3.8) is 0 Å². The van der Waals surface area contributed by atoms with E-state index in [-0.39, 0.29) is 12.5 Å². The number of rotatable bonds is 7. The topological polar surface area (TPSA) is 58.6 Å². The van der Waals surface area contributed by atoms with Crippen molar-refractivity contribution in [2.24, 2.45) is 0 Å². The van der Waals surface area contributed by atoms with E-state index in [2.05, 4.69) is 5.32 Å². The maximum absolute atomic E-state index is 11.9. The SMILES string of the molecule is O=C(COc1ccccc1)NCc1ccc(C(O)c2ccccc2)s1. The van der Waals surface area contributed by atoms with Crippen molar-refractivity contribution in [1.82, 2.24) is 5.32 Å². The van der Waals surface area contributed by atoms with Gasteiger partial charge in [-0.15, -0.1) is 11.3 Å². The van der Waals surface area contributed by atoms with Gasteiger partial charge in [-0.1, -0.05) is 48.5 Å². The molecule has 0 saturated carbocycles. The van der Waals surface area contributed by atoms with Gasteiger partial charge >= 0.3 is 0 Å². The zero-order valence-electron chi connectivity index (χ0n) is 13.6. The first-order valence-electron chi connectivity index (χ1n) is 7.98. The van der Waals surface area contributed by atoms with Crippen LogP contribution < -0.4 is 10.1 Å². The first-order valence-corrected chi connectivity index (χ1v) is 8.80. The molecule has 0 fully saturated rings. The van der Waals surface area contributed by atoms with Crippen molar-refractivity contribution >= 4 is 17.2 Å². The van der Waals surface area contributed by atoms with Crippen molar-refractivity contribution in [3.05, 3.63) is 88.1 Å². The van der Waals surface area contributed by atoms with E-state index in [0.717, 1.165) is 15.3 Å². The van der Waals surface area contributed by atoms with E-state index in [1.165, 1.54) is 11.3 Å². The van der Waals surface area contributed by atoms with E-state index >= 15 is 0 Å². The minimum Gasteiger partial charge on any atom is -0.484 e. The van der Waals surface area contributed by atoms with Gasteiger partial charge in [0.25, 0.3) is 5.91 Å². The van der Waals surface area contributed by atoms with Crippen LogP contribution in [0, 0.1) is 0 Å². The predicted molar refractivity (Wildman–Crippen MR) is 98.6 cm³/mol. The Kier molecular flexibility index (Phi) is 5.82. The first-order chi connectivity index (χ1) is 12.2. The molecule has 1 amide bonds. The summed E-state index contributed by atoms with van der Waals surface area (Å²) < 4.78 is 5.41. The molecule has 3 aromatic rings. The predicted octanol–water partition coefficient (Wildman–Crippen LogP) is 3.53. The minimum atomic E-state index is -0.642. The zero-order valence-corrected chi connectivity index (χ0v) is 14.4. The van der Waals surface area contributed by atoms with Gasteiger partial charge in [-0.2, -0.15) is 0 Å². The summed E-state index contributed by atoms with van der Waals surface area (Å²) in [6, 6.07) is 22.6. The fourth-order valence-electron chi connectivity index (χ4n) is 2.34. The maximum Gasteiger partial charge on any atom is 0.258 e. The van der Waals surface area contributed by atoms with Crippen molar-refractivity contribution in [2.75, 3.05) is 6.61 Å². The molecule has 1 aromatic heterocycles. The molecule has 1 unspecified atom stereocenters. The smallest absolute Gasteiger partial charge is 0.258 e. The van der Waals surface area contributed by atoms with Crippen molar-refractivity contribution in [1.29, 1.82) is 0 Å². The molecule has 0 radical (unpaired) electrons. The standard InChI is InChI=1S/C20H19NO3S/c22-19(14-24-16-9-5-2-6-10-16)21-13-17-11-12-18(25-17)20(23)15-7-3-1-4-8-15/h1-12,20,23H,13-14H2,(H,21,22). The Hall–Kier alpha value is -2.63. The molecule has 1 atom stereocenters. The second kappa shape index (κ2) is 8.46. The molecule has 4 nitrogen and oxygen atoms in total. The van der Waals surface area contributed by atoms with Crippen LogP contribution in [0.15, 0.2) is 72.8 Å². The number of nitrogens with one attached hydrogen (secondary N) is 1. The Labute approximate surface area is 150 Å². The van der Waals surface area contributed by atoms with Gasteiger partial charge in [0.15, 0.2) is 6.61 Å². The third-order valence-corrected chi connectivity index (χ3v) is 4.78. The number of para-hydroxylation sites is 1. The zero-order chi connectivity index (χ0) is 17.5. The average Bonchev–Trinajstić information content (AvgIpc) is 3.14. The highest BCUT2D eigenvalue weighted by Crippen LogP contribution is 2.28. The number of amides is 1. The number of hydrogen-bond donors (Lipinski definition) is 2. The third-order valence-electron chi connectivity index (χ3n) is 3.64. The fourth-order valence-corrected chi connectivity index (χ4v) is 3.31. The van der Waals surface area contributed by atoms with Crippen LogP contribution in [0.5, 0.6) is 5.75 Å². The minimum absolute atomic E-state index is 0.0190. The second-order valence-electron chi connectivity index (χ2n) is 5.50. The molecule has 0 aliphatic carbocycles. The van der Waals surface area contributed by atoms with Crippen molar-refractivity contribution in [2.45, 2.75) is 12.6 Å². The summed E-state index contributed by atoms with van der Waals surface area (Å²) in [7, 11) is 0. The molecule has 1 heterocycles. The number of aliphatic hydroxyl groups is 1. The number of ether oxygens (including phenoxy) is 1. The lowest BCUT2D eigenvalue weighted by Gasteiger charge is -2.08. The number of benzene rings is 2. The van der Waals surface area contributed by atoms with Gasteiger partial charge in [0.1, 0.15) is 11.9 Å². The van der Waals surface area contributed by atoms with Crippen LogP contribution in [0.4, 0.5) is 0 Å². The van der Waals surface area contributed by atoms with Gasteiger partial charge in [-0.3, -0.25) is 4.79 Å². The number of hydrogen-bond acceptors (Lipinski definition) is 4. The van der Waals surface area contributed by atoms with E-state index in [1.54, 1.807) is 0 Å². The Balaban J connectivity index is 1.49. The van der Waals surface area contributed by atoms with Gasteiger partial charge in [-0.05, 0) is 29.8 Å². The molecule has 2 aromatic carbocycles. The van der Waals surface area contributed by atoms with Crippen LogP contribution in [0.3, 0.4) is 0 Å². The van der Waals surface area contributed by atoms with Crippen LogP contribution >= 0.6 is 11.3 Å². The van der Waals surface area contributed by atoms with Crippen LogP contribution in [0.1, 0.15) is 21.4 Å². The summed E-state index contributed by atoms with van der Waals surface area (Å²) >= 11 is 1.49. The van der Waals surface area contributed by atoms with Crippen LogP contribution in [0.2, 0.25) is 0 Å². The Morgan fingerprint density at radius 3 is 2.40 bits per heavy atom. The van der Waals surface area contributed by atoms with Gasteiger partial charge in [-0.25, -0.2) is 0 Å². The average molecular weight is 353 g/mol. The molecule has 25 heavy (non-hydrogen) atoms. The molecule has 0 spiro atoms. The number of thiophene rings is 1. The number of aliphatic hydroxyl groups excluding tert-OH is 1. The van der Waals surface area contributed by atoms with E-state index in [9.17, 15) is 9.90 Å². The molecule has 128 valence electrons. The Bertz CT molecular complexity index is 802. The largest absolute Gasteiger partial charge is 0.484 e. The van der Waals surface area contributed by atoms with Crippen molar-refractivity contribution in [3.8, 4) is 5.75 Å². The second-order valence-corrected chi connectivity index (χ2v) is 6.70. The summed E-state index contributed by atoms with van der Waals surface area (Å²) in [4.78, 5) is 13.7. The molecule has 0 aliphatic rings. The Morgan fingerprint density at radius 1 is 1.00 bits per heavy atom. The molecule has 2 N–H and O–H groups in total. The first kappa shape index (κ1) is 17.2. The Morgan fingerprint density at radius 2 is 1.68 bits per heavy atom. The molecular weight excluding hydrogens is 334 g/mol. The van der Waals surface area contributed by atoms with E-state index in [1.807, 2.05) is 72.8 Å². The van der Waals surface area contributed by atoms with E-state index < -0.39 is 6.10 Å². The highest BCUT2D eigenvalue weighted by Gasteiger charge is 2.13. The summed E-state index contributed by atoms with van der Waals surface area (Å²) in [6.07, 6.45) is -0.642. The number of carbonyl (C=O) groups is 1. The lowest BCUT2D eigenvalue weighted by molar-refractivity contribution is -0.123. The molecule has 0 aliphatic heterocycles. The van der Waals surface area contributed by atoms with E-state index in [4.69, 9.17) is 4.74 Å². The van der Waals surface area contributed by atoms with Crippen LogP contribution in [0.25, 0.3) is 0 Å². The summed E-state index contributed by atoms with van der Waals surface area (Å²) in [5.41, 5.74) is 0.858. The molecular formula is C20H19NO3S. The molecule has 0 bridgehead atoms. The van der Waals surface area contributed by atoms with Gasteiger partial charge < -0.3 is 15.2 Å². The monoisotopic (exact) mass is 353 g/mol. The third kappa shape index (κ3) is 4.92. The molecule has 0 saturated heterocycles. The van der Waals surface area contributed by atoms with Gasteiger partial charge in [0.2, 0.25) is 0 Å². The number of carbonyl (C=O) groups excluding carboxylic acids is 1. The van der Waals surface area contributed by atoms with Crippen molar-refractivity contribution < 1.29 is 14.6 Å². The fraction of sp³-hybridized carbons (Fsp3) is 0.150. The highest BCUT2D eigenvalue weighted by atomic mass is 32.1. The maximum atomic E-state index is 11.9. The van der Waals surface area contributed by atoms with Crippen LogP contribution in [-0.4, -0.2) is 17.6 Å². The quantitative estimate of drug-likeness (QED) is 0.683. The summed E-state index contributed by atoms with van der Waals surface area (Å²) in [5.74, 6) is 0.490.